The van der Waals surface area contributed by atoms with Gasteiger partial charge in [-0.3, -0.25) is 4.90 Å². The van der Waals surface area contributed by atoms with Gasteiger partial charge in [-0.1, -0.05) is 31.9 Å². The van der Waals surface area contributed by atoms with Crippen LogP contribution in [0.15, 0.2) is 39.3 Å². The van der Waals surface area contributed by atoms with Crippen molar-refractivity contribution in [3.05, 3.63) is 46.0 Å². The number of nitrogens with one attached hydrogen (secondary N) is 1. The number of ether oxygens (including phenoxy) is 2. The zero-order chi connectivity index (χ0) is 23.6. The smallest absolute Gasteiger partial charge is 0.407 e. The van der Waals surface area contributed by atoms with Crippen molar-refractivity contribution in [3.63, 3.8) is 0 Å². The molecule has 1 saturated heterocycles. The minimum absolute atomic E-state index is 0.0958. The van der Waals surface area contributed by atoms with Gasteiger partial charge in [-0.15, -0.1) is 0 Å². The fourth-order valence-electron chi connectivity index (χ4n) is 4.82. The maximum Gasteiger partial charge on any atom is 0.407 e. The summed E-state index contributed by atoms with van der Waals surface area (Å²) in [6, 6.07) is 3.40. The second-order valence-corrected chi connectivity index (χ2v) is 9.72. The lowest BCUT2D eigenvalue weighted by Crippen LogP contribution is -2.41. The van der Waals surface area contributed by atoms with Gasteiger partial charge in [0, 0.05) is 32.2 Å². The molecular weight excluding hydrogens is 420 g/mol. The lowest BCUT2D eigenvalue weighted by molar-refractivity contribution is 0.0377. The summed E-state index contributed by atoms with van der Waals surface area (Å²) in [6.07, 6.45) is 8.69. The Morgan fingerprint density at radius 2 is 2.00 bits per heavy atom. The van der Waals surface area contributed by atoms with E-state index in [1.165, 1.54) is 11.6 Å². The first kappa shape index (κ1) is 25.5. The Balaban J connectivity index is 1.29. The van der Waals surface area contributed by atoms with E-state index in [2.05, 4.69) is 30.1 Å². The normalized spacial score (nSPS) is 21.8. The van der Waals surface area contributed by atoms with Crippen molar-refractivity contribution in [2.75, 3.05) is 39.4 Å². The molecule has 0 saturated carbocycles. The van der Waals surface area contributed by atoms with E-state index in [0.717, 1.165) is 70.5 Å². The van der Waals surface area contributed by atoms with E-state index in [1.807, 2.05) is 13.0 Å². The van der Waals surface area contributed by atoms with Gasteiger partial charge in [-0.2, -0.15) is 0 Å². The quantitative estimate of drug-likeness (QED) is 0.495. The Hall–Kier alpha value is -2.12. The molecular formula is C26H40N2O5. The Morgan fingerprint density at radius 1 is 1.21 bits per heavy atom. The number of carbonyl (C=O) groups is 1. The Kier molecular flexibility index (Phi) is 10.0. The van der Waals surface area contributed by atoms with Gasteiger partial charge in [-0.05, 0) is 62.0 Å². The molecule has 1 aromatic rings. The van der Waals surface area contributed by atoms with Gasteiger partial charge in [0.1, 0.15) is 6.10 Å². The van der Waals surface area contributed by atoms with E-state index < -0.39 is 0 Å². The van der Waals surface area contributed by atoms with Crippen LogP contribution in [0, 0.1) is 11.8 Å². The van der Waals surface area contributed by atoms with Crippen LogP contribution in [0.2, 0.25) is 0 Å². The molecule has 0 spiro atoms. The number of alkyl carbamates (subject to hydrolysis) is 1. The van der Waals surface area contributed by atoms with Crippen LogP contribution >= 0.6 is 0 Å². The van der Waals surface area contributed by atoms with Gasteiger partial charge >= 0.3 is 11.7 Å². The Labute approximate surface area is 197 Å². The fourth-order valence-corrected chi connectivity index (χ4v) is 4.82. The zero-order valence-corrected chi connectivity index (χ0v) is 20.4. The van der Waals surface area contributed by atoms with Gasteiger partial charge in [0.15, 0.2) is 0 Å². The summed E-state index contributed by atoms with van der Waals surface area (Å²) >= 11 is 0. The van der Waals surface area contributed by atoms with Crippen LogP contribution in [0.4, 0.5) is 4.79 Å². The van der Waals surface area contributed by atoms with E-state index in [-0.39, 0.29) is 17.8 Å². The van der Waals surface area contributed by atoms with Crippen LogP contribution < -0.4 is 10.9 Å². The maximum atomic E-state index is 12.1. The molecule has 4 atom stereocenters. The maximum absolute atomic E-state index is 12.1. The van der Waals surface area contributed by atoms with Crippen molar-refractivity contribution < 1.29 is 18.7 Å². The second kappa shape index (κ2) is 12.9. The van der Waals surface area contributed by atoms with Gasteiger partial charge in [0.2, 0.25) is 0 Å². The molecule has 0 bridgehead atoms. The number of morpholine rings is 1. The monoisotopic (exact) mass is 460 g/mol. The van der Waals surface area contributed by atoms with Crippen molar-refractivity contribution in [1.29, 1.82) is 0 Å². The minimum Gasteiger partial charge on any atom is -0.447 e. The number of rotatable bonds is 11. The number of hydrogen-bond donors (Lipinski definition) is 1. The van der Waals surface area contributed by atoms with Crippen molar-refractivity contribution in [2.24, 2.45) is 11.8 Å². The summed E-state index contributed by atoms with van der Waals surface area (Å²) < 4.78 is 15.9. The summed E-state index contributed by atoms with van der Waals surface area (Å²) in [5.74, 6) is 1.44. The van der Waals surface area contributed by atoms with E-state index >= 15 is 0 Å². The molecule has 184 valence electrons. The molecule has 33 heavy (non-hydrogen) atoms. The summed E-state index contributed by atoms with van der Waals surface area (Å²) in [7, 11) is 0. The van der Waals surface area contributed by atoms with E-state index in [9.17, 15) is 9.59 Å². The molecule has 1 aliphatic carbocycles. The molecule has 0 aromatic carbocycles. The number of hydrogen-bond acceptors (Lipinski definition) is 6. The molecule has 2 heterocycles. The van der Waals surface area contributed by atoms with Gasteiger partial charge in [-0.25, -0.2) is 9.59 Å². The van der Waals surface area contributed by atoms with Crippen molar-refractivity contribution in [3.8, 4) is 0 Å². The summed E-state index contributed by atoms with van der Waals surface area (Å²) in [5, 5.41) is 2.87. The first-order valence-electron chi connectivity index (χ1n) is 12.4. The fraction of sp³-hybridized carbons (Fsp3) is 0.692. The molecule has 1 aliphatic heterocycles. The third-order valence-corrected chi connectivity index (χ3v) is 6.91. The molecule has 3 rings (SSSR count). The lowest BCUT2D eigenvalue weighted by atomic mass is 9.88. The van der Waals surface area contributed by atoms with Crippen LogP contribution in [0.5, 0.6) is 0 Å². The summed E-state index contributed by atoms with van der Waals surface area (Å²) in [6.45, 7) is 11.3. The van der Waals surface area contributed by atoms with Crippen LogP contribution in [0.1, 0.15) is 64.4 Å². The third kappa shape index (κ3) is 8.63. The average molecular weight is 461 g/mol. The molecule has 7 heteroatoms. The number of allylic oxidation sites excluding steroid dienone is 2. The summed E-state index contributed by atoms with van der Waals surface area (Å²) in [4.78, 5) is 25.5. The molecule has 2 aliphatic rings. The largest absolute Gasteiger partial charge is 0.447 e. The first-order chi connectivity index (χ1) is 15.9. The van der Waals surface area contributed by atoms with Crippen molar-refractivity contribution >= 4 is 6.09 Å². The molecule has 1 amide bonds. The predicted octanol–water partition coefficient (Wildman–Crippen LogP) is 4.33. The highest BCUT2D eigenvalue weighted by Crippen LogP contribution is 2.38. The first-order valence-corrected chi connectivity index (χ1v) is 12.4. The lowest BCUT2D eigenvalue weighted by Gasteiger charge is -2.26. The van der Waals surface area contributed by atoms with Crippen molar-refractivity contribution in [1.82, 2.24) is 10.2 Å². The average Bonchev–Trinajstić information content (AvgIpc) is 3.29. The molecule has 7 nitrogen and oxygen atoms in total. The highest BCUT2D eigenvalue weighted by Gasteiger charge is 2.23. The molecule has 1 aromatic heterocycles. The SMILES string of the molecule is CC(CC[C@H](C)C1=CC[C@H](c2ccc(=O)oc2)C1)CC(C)OC(=O)NCCN1CCOCC1. The van der Waals surface area contributed by atoms with Crippen molar-refractivity contribution in [2.45, 2.75) is 64.9 Å². The Morgan fingerprint density at radius 3 is 2.73 bits per heavy atom. The topological polar surface area (TPSA) is 81.0 Å². The standard InChI is InChI=1S/C26H40N2O5/c1-19(16-21(3)33-26(30)27-10-11-28-12-14-31-15-13-28)4-5-20(2)22-6-7-23(17-22)24-8-9-25(29)32-18-24/h6,8-9,18-21,23H,4-5,7,10-17H2,1-3H3,(H,27,30)/t19?,20-,21?,23-/m0/s1. The number of nitrogens with zero attached hydrogens (tertiary/aromatic N) is 1. The minimum atomic E-state index is -0.324. The number of carbonyl (C=O) groups excluding carboxylic acids is 1. The zero-order valence-electron chi connectivity index (χ0n) is 20.4. The highest BCUT2D eigenvalue weighted by atomic mass is 16.6. The third-order valence-electron chi connectivity index (χ3n) is 6.91. The molecule has 1 fully saturated rings. The molecule has 2 unspecified atom stereocenters. The van der Waals surface area contributed by atoms with Crippen LogP contribution in [-0.2, 0) is 9.47 Å². The summed E-state index contributed by atoms with van der Waals surface area (Å²) in [5.41, 5.74) is 2.31. The molecule has 1 N–H and O–H groups in total. The van der Waals surface area contributed by atoms with E-state index in [1.54, 1.807) is 6.26 Å². The van der Waals surface area contributed by atoms with E-state index in [4.69, 9.17) is 13.9 Å². The van der Waals surface area contributed by atoms with Crippen LogP contribution in [0.3, 0.4) is 0 Å². The van der Waals surface area contributed by atoms with Gasteiger partial charge in [0.25, 0.3) is 0 Å². The highest BCUT2D eigenvalue weighted by molar-refractivity contribution is 5.67. The van der Waals surface area contributed by atoms with Crippen LogP contribution in [0.25, 0.3) is 0 Å². The predicted molar refractivity (Wildman–Crippen MR) is 128 cm³/mol. The van der Waals surface area contributed by atoms with Gasteiger partial charge < -0.3 is 19.2 Å². The number of amides is 1. The van der Waals surface area contributed by atoms with E-state index in [0.29, 0.717) is 24.3 Å². The Bertz CT molecular complexity index is 810. The van der Waals surface area contributed by atoms with Gasteiger partial charge in [0.05, 0.1) is 19.5 Å². The van der Waals surface area contributed by atoms with Crippen LogP contribution in [-0.4, -0.2) is 56.5 Å². The molecule has 0 radical (unpaired) electrons. The second-order valence-electron chi connectivity index (χ2n) is 9.72.